The van der Waals surface area contributed by atoms with Crippen molar-refractivity contribution in [3.8, 4) is 0 Å². The van der Waals surface area contributed by atoms with E-state index in [1.165, 1.54) is 0 Å². The van der Waals surface area contributed by atoms with Gasteiger partial charge in [0.2, 0.25) is 0 Å². The van der Waals surface area contributed by atoms with Gasteiger partial charge in [0.05, 0.1) is 11.4 Å². The summed E-state index contributed by atoms with van der Waals surface area (Å²) in [6.45, 7) is 5.27. The molecular formula is C12H20N2O. The molecule has 0 aliphatic carbocycles. The first-order valence-electron chi connectivity index (χ1n) is 5.24. The Morgan fingerprint density at radius 1 is 1.33 bits per heavy atom. The maximum absolute atomic E-state index is 8.90. The van der Waals surface area contributed by atoms with Crippen LogP contribution in [0.4, 0.5) is 11.4 Å². The lowest BCUT2D eigenvalue weighted by Crippen LogP contribution is -2.24. The number of hydrogen-bond acceptors (Lipinski definition) is 3. The molecule has 0 spiro atoms. The molecule has 84 valence electrons. The predicted octanol–water partition coefficient (Wildman–Crippen LogP) is 2.09. The topological polar surface area (TPSA) is 58.3 Å². The molecule has 0 radical (unpaired) electrons. The molecular weight excluding hydrogens is 188 g/mol. The number of anilines is 2. The number of nitrogens with one attached hydrogen (secondary N) is 1. The Labute approximate surface area is 91.3 Å². The molecule has 0 bridgehead atoms. The predicted molar refractivity (Wildman–Crippen MR) is 64.8 cm³/mol. The van der Waals surface area contributed by atoms with Crippen LogP contribution in [0.15, 0.2) is 24.3 Å². The quantitative estimate of drug-likeness (QED) is 0.649. The molecule has 0 heterocycles. The lowest BCUT2D eigenvalue weighted by molar-refractivity contribution is 0.220. The van der Waals surface area contributed by atoms with Gasteiger partial charge in [0.25, 0.3) is 0 Å². The smallest absolute Gasteiger partial charge is 0.0574 e. The molecule has 0 amide bonds. The van der Waals surface area contributed by atoms with E-state index in [9.17, 15) is 0 Å². The molecule has 0 saturated carbocycles. The van der Waals surface area contributed by atoms with Gasteiger partial charge in [-0.25, -0.2) is 0 Å². The first kappa shape index (κ1) is 11.9. The summed E-state index contributed by atoms with van der Waals surface area (Å²) in [5.41, 5.74) is 7.62. The SMILES string of the molecule is CC(C)(CCO)CNc1ccccc1N. The van der Waals surface area contributed by atoms with Crippen LogP contribution in [-0.2, 0) is 0 Å². The van der Waals surface area contributed by atoms with Crippen LogP contribution in [0.5, 0.6) is 0 Å². The van der Waals surface area contributed by atoms with Crippen LogP contribution in [0, 0.1) is 5.41 Å². The monoisotopic (exact) mass is 208 g/mol. The van der Waals surface area contributed by atoms with E-state index in [0.717, 1.165) is 24.3 Å². The van der Waals surface area contributed by atoms with E-state index < -0.39 is 0 Å². The van der Waals surface area contributed by atoms with Gasteiger partial charge in [0.15, 0.2) is 0 Å². The van der Waals surface area contributed by atoms with Gasteiger partial charge in [-0.05, 0) is 24.0 Å². The molecule has 3 nitrogen and oxygen atoms in total. The number of hydrogen-bond donors (Lipinski definition) is 3. The van der Waals surface area contributed by atoms with Gasteiger partial charge in [0, 0.05) is 13.2 Å². The molecule has 0 aromatic heterocycles. The molecule has 0 aliphatic heterocycles. The normalized spacial score (nSPS) is 11.4. The van der Waals surface area contributed by atoms with Gasteiger partial charge < -0.3 is 16.2 Å². The molecule has 0 atom stereocenters. The fourth-order valence-electron chi connectivity index (χ4n) is 1.38. The fourth-order valence-corrected chi connectivity index (χ4v) is 1.38. The van der Waals surface area contributed by atoms with Gasteiger partial charge >= 0.3 is 0 Å². The average Bonchev–Trinajstić information content (AvgIpc) is 2.16. The van der Waals surface area contributed by atoms with Gasteiger partial charge in [-0.1, -0.05) is 26.0 Å². The average molecular weight is 208 g/mol. The summed E-state index contributed by atoms with van der Waals surface area (Å²) in [5, 5.41) is 12.2. The number of aliphatic hydroxyl groups excluding tert-OH is 1. The standard InChI is InChI=1S/C12H20N2O/c1-12(2,7-8-15)9-14-11-6-4-3-5-10(11)13/h3-6,14-15H,7-9,13H2,1-2H3. The maximum Gasteiger partial charge on any atom is 0.0574 e. The van der Waals surface area contributed by atoms with Crippen LogP contribution in [0.3, 0.4) is 0 Å². The van der Waals surface area contributed by atoms with Crippen molar-refractivity contribution in [1.82, 2.24) is 0 Å². The lowest BCUT2D eigenvalue weighted by atomic mass is 9.89. The highest BCUT2D eigenvalue weighted by Crippen LogP contribution is 2.23. The van der Waals surface area contributed by atoms with Crippen molar-refractivity contribution in [2.75, 3.05) is 24.2 Å². The minimum Gasteiger partial charge on any atom is -0.397 e. The third kappa shape index (κ3) is 3.80. The van der Waals surface area contributed by atoms with Gasteiger partial charge in [0.1, 0.15) is 0 Å². The maximum atomic E-state index is 8.90. The summed E-state index contributed by atoms with van der Waals surface area (Å²) >= 11 is 0. The van der Waals surface area contributed by atoms with Crippen molar-refractivity contribution in [1.29, 1.82) is 0 Å². The third-order valence-electron chi connectivity index (χ3n) is 2.51. The van der Waals surface area contributed by atoms with Crippen molar-refractivity contribution in [3.05, 3.63) is 24.3 Å². The van der Waals surface area contributed by atoms with E-state index >= 15 is 0 Å². The Balaban J connectivity index is 2.53. The highest BCUT2D eigenvalue weighted by molar-refractivity contribution is 5.65. The fraction of sp³-hybridized carbons (Fsp3) is 0.500. The molecule has 1 rings (SSSR count). The van der Waals surface area contributed by atoms with E-state index in [4.69, 9.17) is 10.8 Å². The second-order valence-electron chi connectivity index (χ2n) is 4.58. The number of nitrogen functional groups attached to an aromatic ring is 1. The molecule has 0 unspecified atom stereocenters. The summed E-state index contributed by atoms with van der Waals surface area (Å²) in [6.07, 6.45) is 0.784. The van der Waals surface area contributed by atoms with Gasteiger partial charge in [-0.3, -0.25) is 0 Å². The summed E-state index contributed by atoms with van der Waals surface area (Å²) in [5.74, 6) is 0. The molecule has 0 fully saturated rings. The van der Waals surface area contributed by atoms with E-state index in [1.807, 2.05) is 24.3 Å². The van der Waals surface area contributed by atoms with Crippen LogP contribution in [-0.4, -0.2) is 18.3 Å². The van der Waals surface area contributed by atoms with E-state index in [1.54, 1.807) is 0 Å². The van der Waals surface area contributed by atoms with E-state index in [0.29, 0.717) is 0 Å². The largest absolute Gasteiger partial charge is 0.397 e. The first-order valence-corrected chi connectivity index (χ1v) is 5.24. The zero-order valence-corrected chi connectivity index (χ0v) is 9.46. The number of nitrogens with two attached hydrogens (primary N) is 1. The van der Waals surface area contributed by atoms with Crippen LogP contribution in [0.1, 0.15) is 20.3 Å². The minimum atomic E-state index is 0.0804. The Morgan fingerprint density at radius 3 is 2.60 bits per heavy atom. The number of aliphatic hydroxyl groups is 1. The Hall–Kier alpha value is -1.22. The van der Waals surface area contributed by atoms with E-state index in [-0.39, 0.29) is 12.0 Å². The van der Waals surface area contributed by atoms with Crippen molar-refractivity contribution in [2.45, 2.75) is 20.3 Å². The molecule has 15 heavy (non-hydrogen) atoms. The molecule has 1 aromatic carbocycles. The lowest BCUT2D eigenvalue weighted by Gasteiger charge is -2.24. The van der Waals surface area contributed by atoms with Crippen molar-refractivity contribution in [3.63, 3.8) is 0 Å². The summed E-state index contributed by atoms with van der Waals surface area (Å²) in [7, 11) is 0. The van der Waals surface area contributed by atoms with E-state index in [2.05, 4.69) is 19.2 Å². The number of benzene rings is 1. The third-order valence-corrected chi connectivity index (χ3v) is 2.51. The molecule has 0 aliphatic rings. The second kappa shape index (κ2) is 5.03. The summed E-state index contributed by atoms with van der Waals surface area (Å²) in [4.78, 5) is 0. The minimum absolute atomic E-state index is 0.0804. The summed E-state index contributed by atoms with van der Waals surface area (Å²) < 4.78 is 0. The van der Waals surface area contributed by atoms with Gasteiger partial charge in [-0.2, -0.15) is 0 Å². The molecule has 0 saturated heterocycles. The zero-order valence-electron chi connectivity index (χ0n) is 9.46. The Morgan fingerprint density at radius 2 is 2.00 bits per heavy atom. The van der Waals surface area contributed by atoms with Crippen LogP contribution in [0.25, 0.3) is 0 Å². The van der Waals surface area contributed by atoms with Crippen molar-refractivity contribution >= 4 is 11.4 Å². The highest BCUT2D eigenvalue weighted by Gasteiger charge is 2.16. The first-order chi connectivity index (χ1) is 7.05. The molecule has 3 heteroatoms. The number of rotatable bonds is 5. The summed E-state index contributed by atoms with van der Waals surface area (Å²) in [6, 6.07) is 7.71. The van der Waals surface area contributed by atoms with Crippen LogP contribution in [0.2, 0.25) is 0 Å². The highest BCUT2D eigenvalue weighted by atomic mass is 16.3. The van der Waals surface area contributed by atoms with Gasteiger partial charge in [-0.15, -0.1) is 0 Å². The zero-order chi connectivity index (χ0) is 11.3. The van der Waals surface area contributed by atoms with Crippen molar-refractivity contribution in [2.24, 2.45) is 5.41 Å². The molecule has 1 aromatic rings. The Bertz CT molecular complexity index is 310. The van der Waals surface area contributed by atoms with Crippen LogP contribution >= 0.6 is 0 Å². The Kier molecular flexibility index (Phi) is 3.97. The second-order valence-corrected chi connectivity index (χ2v) is 4.58. The van der Waals surface area contributed by atoms with Crippen molar-refractivity contribution < 1.29 is 5.11 Å². The number of para-hydroxylation sites is 2. The van der Waals surface area contributed by atoms with Crippen LogP contribution < -0.4 is 11.1 Å². The molecule has 4 N–H and O–H groups in total.